The van der Waals surface area contributed by atoms with Gasteiger partial charge >= 0.3 is 0 Å². The van der Waals surface area contributed by atoms with Crippen LogP contribution in [0, 0.1) is 13.8 Å². The topological polar surface area (TPSA) is 41.9 Å². The minimum atomic E-state index is 0.624. The van der Waals surface area contributed by atoms with E-state index in [0.29, 0.717) is 11.7 Å². The molecule has 0 atom stereocenters. The van der Waals surface area contributed by atoms with Crippen molar-refractivity contribution in [2.45, 2.75) is 33.9 Å². The molecule has 2 rings (SSSR count). The largest absolute Gasteiger partial charge is 0.358 e. The molecule has 0 aliphatic carbocycles. The van der Waals surface area contributed by atoms with E-state index < -0.39 is 0 Å². The Morgan fingerprint density at radius 2 is 1.95 bits per heavy atom. The van der Waals surface area contributed by atoms with E-state index in [9.17, 15) is 0 Å². The number of nitrogens with zero attached hydrogens (tertiary/aromatic N) is 2. The first kappa shape index (κ1) is 14.5. The Balaban J connectivity index is 1.89. The maximum absolute atomic E-state index is 5.31. The fourth-order valence-electron chi connectivity index (χ4n) is 2.08. The molecule has 5 heteroatoms. The van der Waals surface area contributed by atoms with Crippen LogP contribution in [0.25, 0.3) is 0 Å². The van der Waals surface area contributed by atoms with Gasteiger partial charge < -0.3 is 10.6 Å². The van der Waals surface area contributed by atoms with Crippen LogP contribution in [-0.2, 0) is 13.1 Å². The summed E-state index contributed by atoms with van der Waals surface area (Å²) in [5.74, 6) is 0. The molecule has 0 spiro atoms. The number of anilines is 1. The Kier molecular flexibility index (Phi) is 4.74. The van der Waals surface area contributed by atoms with E-state index in [1.807, 2.05) is 17.1 Å². The minimum absolute atomic E-state index is 0.624. The molecule has 20 heavy (non-hydrogen) atoms. The monoisotopic (exact) mass is 288 g/mol. The van der Waals surface area contributed by atoms with Gasteiger partial charge in [0.25, 0.3) is 0 Å². The first-order valence-corrected chi connectivity index (χ1v) is 7.12. The lowest BCUT2D eigenvalue weighted by Crippen LogP contribution is -2.27. The van der Waals surface area contributed by atoms with Gasteiger partial charge in [0.15, 0.2) is 5.11 Å². The van der Waals surface area contributed by atoms with Crippen LogP contribution in [0.15, 0.2) is 30.6 Å². The Labute approximate surface area is 125 Å². The molecule has 0 saturated heterocycles. The zero-order chi connectivity index (χ0) is 14.5. The molecular weight excluding hydrogens is 268 g/mol. The summed E-state index contributed by atoms with van der Waals surface area (Å²) in [6.07, 6.45) is 3.88. The highest BCUT2D eigenvalue weighted by Crippen LogP contribution is 2.13. The van der Waals surface area contributed by atoms with Gasteiger partial charge in [-0.25, -0.2) is 0 Å². The normalized spacial score (nSPS) is 10.3. The maximum atomic E-state index is 5.31. The van der Waals surface area contributed by atoms with E-state index in [1.54, 1.807) is 0 Å². The molecule has 0 bridgehead atoms. The van der Waals surface area contributed by atoms with Crippen molar-refractivity contribution >= 4 is 23.0 Å². The maximum Gasteiger partial charge on any atom is 0.171 e. The SMILES string of the molecule is CCn1cc(CNC(=S)Nc2cc(C)cc(C)c2)cn1. The minimum Gasteiger partial charge on any atom is -0.358 e. The highest BCUT2D eigenvalue weighted by Gasteiger charge is 2.01. The number of rotatable bonds is 4. The summed E-state index contributed by atoms with van der Waals surface area (Å²) in [5.41, 5.74) is 4.58. The van der Waals surface area contributed by atoms with Crippen molar-refractivity contribution in [3.05, 3.63) is 47.3 Å². The number of aryl methyl sites for hydroxylation is 3. The second kappa shape index (κ2) is 6.52. The van der Waals surface area contributed by atoms with Gasteiger partial charge in [0.1, 0.15) is 0 Å². The lowest BCUT2D eigenvalue weighted by Gasteiger charge is -2.11. The fraction of sp³-hybridized carbons (Fsp3) is 0.333. The molecule has 1 heterocycles. The lowest BCUT2D eigenvalue weighted by molar-refractivity contribution is 0.659. The Bertz CT molecular complexity index is 583. The van der Waals surface area contributed by atoms with E-state index >= 15 is 0 Å². The third-order valence-corrected chi connectivity index (χ3v) is 3.19. The van der Waals surface area contributed by atoms with Gasteiger partial charge in [0.05, 0.1) is 6.20 Å². The van der Waals surface area contributed by atoms with E-state index in [0.717, 1.165) is 17.8 Å². The van der Waals surface area contributed by atoms with Gasteiger partial charge in [-0.1, -0.05) is 6.07 Å². The van der Waals surface area contributed by atoms with Crippen LogP contribution in [-0.4, -0.2) is 14.9 Å². The van der Waals surface area contributed by atoms with Crippen molar-refractivity contribution in [2.75, 3.05) is 5.32 Å². The van der Waals surface area contributed by atoms with Gasteiger partial charge in [0, 0.05) is 30.5 Å². The highest BCUT2D eigenvalue weighted by atomic mass is 32.1. The van der Waals surface area contributed by atoms with Crippen LogP contribution in [0.3, 0.4) is 0 Å². The van der Waals surface area contributed by atoms with Crippen LogP contribution < -0.4 is 10.6 Å². The van der Waals surface area contributed by atoms with E-state index in [2.05, 4.69) is 54.7 Å². The zero-order valence-corrected chi connectivity index (χ0v) is 12.9. The van der Waals surface area contributed by atoms with Crippen molar-refractivity contribution in [3.8, 4) is 0 Å². The Hall–Kier alpha value is -1.88. The van der Waals surface area contributed by atoms with Crippen LogP contribution in [0.1, 0.15) is 23.6 Å². The molecule has 2 N–H and O–H groups in total. The van der Waals surface area contributed by atoms with E-state index in [4.69, 9.17) is 12.2 Å². The van der Waals surface area contributed by atoms with Gasteiger partial charge in [-0.2, -0.15) is 5.10 Å². The third-order valence-electron chi connectivity index (χ3n) is 2.94. The fourth-order valence-corrected chi connectivity index (χ4v) is 2.27. The highest BCUT2D eigenvalue weighted by molar-refractivity contribution is 7.80. The van der Waals surface area contributed by atoms with Crippen molar-refractivity contribution < 1.29 is 0 Å². The molecular formula is C15H20N4S. The van der Waals surface area contributed by atoms with Crippen molar-refractivity contribution in [2.24, 2.45) is 0 Å². The molecule has 2 aromatic rings. The quantitative estimate of drug-likeness (QED) is 0.849. The van der Waals surface area contributed by atoms with Gasteiger partial charge in [-0.3, -0.25) is 4.68 Å². The summed E-state index contributed by atoms with van der Waals surface area (Å²) >= 11 is 5.31. The molecule has 0 fully saturated rings. The molecule has 0 amide bonds. The van der Waals surface area contributed by atoms with Gasteiger partial charge in [-0.15, -0.1) is 0 Å². The van der Waals surface area contributed by atoms with E-state index in [-0.39, 0.29) is 0 Å². The summed E-state index contributed by atoms with van der Waals surface area (Å²) in [6.45, 7) is 7.78. The predicted octanol–water partition coefficient (Wildman–Crippen LogP) is 3.01. The molecule has 1 aromatic heterocycles. The van der Waals surface area contributed by atoms with Crippen LogP contribution in [0.5, 0.6) is 0 Å². The summed E-state index contributed by atoms with van der Waals surface area (Å²) in [6, 6.07) is 6.30. The van der Waals surface area contributed by atoms with Crippen LogP contribution >= 0.6 is 12.2 Å². The average Bonchev–Trinajstić information content (AvgIpc) is 2.83. The number of nitrogens with one attached hydrogen (secondary N) is 2. The van der Waals surface area contributed by atoms with Crippen molar-refractivity contribution in [1.82, 2.24) is 15.1 Å². The molecule has 106 valence electrons. The number of hydrogen-bond acceptors (Lipinski definition) is 2. The standard InChI is InChI=1S/C15H20N4S/c1-4-19-10-13(9-17-19)8-16-15(20)18-14-6-11(2)5-12(3)7-14/h5-7,9-10H,4,8H2,1-3H3,(H2,16,18,20). The molecule has 1 aromatic carbocycles. The van der Waals surface area contributed by atoms with E-state index in [1.165, 1.54) is 11.1 Å². The van der Waals surface area contributed by atoms with Gasteiger partial charge in [-0.05, 0) is 56.2 Å². The Morgan fingerprint density at radius 1 is 1.25 bits per heavy atom. The van der Waals surface area contributed by atoms with Crippen molar-refractivity contribution in [1.29, 1.82) is 0 Å². The molecule has 0 aliphatic heterocycles. The summed E-state index contributed by atoms with van der Waals surface area (Å²) in [4.78, 5) is 0. The van der Waals surface area contributed by atoms with Crippen LogP contribution in [0.2, 0.25) is 0 Å². The summed E-state index contributed by atoms with van der Waals surface area (Å²) in [5, 5.41) is 11.3. The third kappa shape index (κ3) is 4.06. The first-order valence-electron chi connectivity index (χ1n) is 6.71. The molecule has 0 unspecified atom stereocenters. The average molecular weight is 288 g/mol. The molecule has 0 saturated carbocycles. The lowest BCUT2D eigenvalue weighted by atomic mass is 10.1. The summed E-state index contributed by atoms with van der Waals surface area (Å²) in [7, 11) is 0. The first-order chi connectivity index (χ1) is 9.56. The van der Waals surface area contributed by atoms with Crippen LogP contribution in [0.4, 0.5) is 5.69 Å². The number of thiocarbonyl (C=S) groups is 1. The smallest absolute Gasteiger partial charge is 0.171 e. The molecule has 0 aliphatic rings. The number of hydrogen-bond donors (Lipinski definition) is 2. The zero-order valence-electron chi connectivity index (χ0n) is 12.1. The molecule has 0 radical (unpaired) electrons. The van der Waals surface area contributed by atoms with Crippen molar-refractivity contribution in [3.63, 3.8) is 0 Å². The summed E-state index contributed by atoms with van der Waals surface area (Å²) < 4.78 is 1.90. The second-order valence-corrected chi connectivity index (χ2v) is 5.30. The predicted molar refractivity (Wildman–Crippen MR) is 86.9 cm³/mol. The Morgan fingerprint density at radius 3 is 2.55 bits per heavy atom. The number of benzene rings is 1. The molecule has 4 nitrogen and oxygen atoms in total. The number of aromatic nitrogens is 2. The van der Waals surface area contributed by atoms with Gasteiger partial charge in [0.2, 0.25) is 0 Å². The second-order valence-electron chi connectivity index (χ2n) is 4.89.